The number of carbonyl (C=O) groups is 2. The molecule has 24 heavy (non-hydrogen) atoms. The molecule has 0 saturated carbocycles. The summed E-state index contributed by atoms with van der Waals surface area (Å²) in [6.07, 6.45) is 0. The molecule has 0 fully saturated rings. The van der Waals surface area contributed by atoms with Gasteiger partial charge in [0.25, 0.3) is 5.91 Å². The van der Waals surface area contributed by atoms with Gasteiger partial charge in [0.2, 0.25) is 5.91 Å². The second kappa shape index (κ2) is 8.93. The molecule has 2 amide bonds. The molecule has 0 aliphatic heterocycles. The van der Waals surface area contributed by atoms with Gasteiger partial charge < -0.3 is 20.1 Å². The summed E-state index contributed by atoms with van der Waals surface area (Å²) < 4.78 is 11.4. The molecule has 2 aromatic carbocycles. The van der Waals surface area contributed by atoms with Gasteiger partial charge in [-0.3, -0.25) is 9.59 Å². The number of hydrogen-bond acceptors (Lipinski definition) is 4. The molecule has 0 radical (unpaired) electrons. The highest BCUT2D eigenvalue weighted by molar-refractivity contribution is 9.10. The summed E-state index contributed by atoms with van der Waals surface area (Å²) in [5.74, 6) is 0.294. The number of hydrogen-bond donors (Lipinski definition) is 2. The Morgan fingerprint density at radius 3 is 2.33 bits per heavy atom. The number of methoxy groups -OCH3 is 1. The van der Waals surface area contributed by atoms with E-state index >= 15 is 0 Å². The van der Waals surface area contributed by atoms with Crippen molar-refractivity contribution in [2.75, 3.05) is 25.6 Å². The van der Waals surface area contributed by atoms with Gasteiger partial charge in [0, 0.05) is 10.2 Å². The molecular weight excluding hydrogens is 376 g/mol. The van der Waals surface area contributed by atoms with E-state index in [2.05, 4.69) is 26.6 Å². The summed E-state index contributed by atoms with van der Waals surface area (Å²) in [6, 6.07) is 14.2. The van der Waals surface area contributed by atoms with Crippen molar-refractivity contribution in [3.05, 3.63) is 53.0 Å². The van der Waals surface area contributed by atoms with Crippen molar-refractivity contribution in [1.29, 1.82) is 0 Å². The second-order valence-corrected chi connectivity index (χ2v) is 5.69. The summed E-state index contributed by atoms with van der Waals surface area (Å²) in [5, 5.41) is 5.18. The first kappa shape index (κ1) is 17.8. The van der Waals surface area contributed by atoms with Crippen molar-refractivity contribution in [3.63, 3.8) is 0 Å². The molecule has 2 aromatic rings. The molecule has 2 rings (SSSR count). The monoisotopic (exact) mass is 392 g/mol. The number of rotatable bonds is 7. The van der Waals surface area contributed by atoms with E-state index in [0.29, 0.717) is 17.2 Å². The number of amides is 2. The molecule has 126 valence electrons. The summed E-state index contributed by atoms with van der Waals surface area (Å²) in [7, 11) is 1.52. The van der Waals surface area contributed by atoms with Crippen LogP contribution >= 0.6 is 15.9 Å². The molecule has 2 N–H and O–H groups in total. The van der Waals surface area contributed by atoms with Crippen LogP contribution in [0.3, 0.4) is 0 Å². The Morgan fingerprint density at radius 2 is 1.67 bits per heavy atom. The van der Waals surface area contributed by atoms with E-state index in [4.69, 9.17) is 9.47 Å². The minimum atomic E-state index is -0.396. The van der Waals surface area contributed by atoms with Gasteiger partial charge in [0.05, 0.1) is 13.7 Å². The molecule has 0 heterocycles. The van der Waals surface area contributed by atoms with Gasteiger partial charge in [0.15, 0.2) is 18.1 Å². The Balaban J connectivity index is 1.74. The molecule has 0 saturated heterocycles. The molecule has 0 atom stereocenters. The fourth-order valence-electron chi connectivity index (χ4n) is 1.85. The van der Waals surface area contributed by atoms with Gasteiger partial charge >= 0.3 is 0 Å². The Bertz CT molecular complexity index is 704. The van der Waals surface area contributed by atoms with Crippen molar-refractivity contribution in [1.82, 2.24) is 5.32 Å². The highest BCUT2D eigenvalue weighted by Gasteiger charge is 2.09. The Hall–Kier alpha value is -2.54. The van der Waals surface area contributed by atoms with Gasteiger partial charge in [-0.05, 0) is 36.4 Å². The van der Waals surface area contributed by atoms with Crippen LogP contribution in [0.4, 0.5) is 5.69 Å². The standard InChI is InChI=1S/C17H17BrN2O4/c1-23-14-4-2-3-5-15(14)24-11-17(22)19-10-16(21)20-13-8-6-12(18)7-9-13/h2-9H,10-11H2,1H3,(H,19,22)(H,20,21). The number of benzene rings is 2. The van der Waals surface area contributed by atoms with Crippen LogP contribution < -0.4 is 20.1 Å². The summed E-state index contributed by atoms with van der Waals surface area (Å²) in [4.78, 5) is 23.5. The summed E-state index contributed by atoms with van der Waals surface area (Å²) in [6.45, 7) is -0.337. The van der Waals surface area contributed by atoms with Crippen molar-refractivity contribution in [2.24, 2.45) is 0 Å². The lowest BCUT2D eigenvalue weighted by atomic mass is 10.3. The van der Waals surface area contributed by atoms with Crippen LogP contribution in [0.15, 0.2) is 53.0 Å². The largest absolute Gasteiger partial charge is 0.493 e. The number of para-hydroxylation sites is 2. The molecular formula is C17H17BrN2O4. The highest BCUT2D eigenvalue weighted by Crippen LogP contribution is 2.25. The molecule has 7 heteroatoms. The first-order chi connectivity index (χ1) is 11.6. The third-order valence-corrected chi connectivity index (χ3v) is 3.53. The zero-order valence-electron chi connectivity index (χ0n) is 13.0. The third-order valence-electron chi connectivity index (χ3n) is 3.00. The number of anilines is 1. The fourth-order valence-corrected chi connectivity index (χ4v) is 2.11. The van der Waals surface area contributed by atoms with Crippen LogP contribution in [0.5, 0.6) is 11.5 Å². The number of ether oxygens (including phenoxy) is 2. The SMILES string of the molecule is COc1ccccc1OCC(=O)NCC(=O)Nc1ccc(Br)cc1. The number of halogens is 1. The highest BCUT2D eigenvalue weighted by atomic mass is 79.9. The predicted molar refractivity (Wildman–Crippen MR) is 94.3 cm³/mol. The van der Waals surface area contributed by atoms with Gasteiger partial charge in [-0.2, -0.15) is 0 Å². The van der Waals surface area contributed by atoms with Crippen LogP contribution in [-0.2, 0) is 9.59 Å². The molecule has 0 bridgehead atoms. The van der Waals surface area contributed by atoms with E-state index in [9.17, 15) is 9.59 Å². The van der Waals surface area contributed by atoms with Gasteiger partial charge in [-0.15, -0.1) is 0 Å². The number of nitrogens with one attached hydrogen (secondary N) is 2. The van der Waals surface area contributed by atoms with E-state index < -0.39 is 5.91 Å². The Kier molecular flexibility index (Phi) is 6.62. The average Bonchev–Trinajstić information content (AvgIpc) is 2.60. The van der Waals surface area contributed by atoms with E-state index in [-0.39, 0.29) is 19.1 Å². The zero-order chi connectivity index (χ0) is 17.4. The molecule has 6 nitrogen and oxygen atoms in total. The topological polar surface area (TPSA) is 76.7 Å². The predicted octanol–water partition coefficient (Wildman–Crippen LogP) is 2.59. The fraction of sp³-hybridized carbons (Fsp3) is 0.176. The van der Waals surface area contributed by atoms with E-state index in [1.165, 1.54) is 7.11 Å². The molecule has 0 aliphatic carbocycles. The average molecular weight is 393 g/mol. The van der Waals surface area contributed by atoms with Crippen LogP contribution in [-0.4, -0.2) is 32.1 Å². The normalized spacial score (nSPS) is 9.92. The molecule has 0 unspecified atom stereocenters. The van der Waals surface area contributed by atoms with E-state index in [1.54, 1.807) is 36.4 Å². The maximum atomic E-state index is 11.8. The van der Waals surface area contributed by atoms with Gasteiger partial charge in [-0.25, -0.2) is 0 Å². The van der Waals surface area contributed by atoms with Crippen LogP contribution in [0.25, 0.3) is 0 Å². The summed E-state index contributed by atoms with van der Waals surface area (Å²) >= 11 is 3.32. The molecule has 0 spiro atoms. The van der Waals surface area contributed by atoms with Crippen LogP contribution in [0.2, 0.25) is 0 Å². The maximum absolute atomic E-state index is 11.8. The zero-order valence-corrected chi connectivity index (χ0v) is 14.6. The van der Waals surface area contributed by atoms with Crippen LogP contribution in [0, 0.1) is 0 Å². The smallest absolute Gasteiger partial charge is 0.258 e. The number of carbonyl (C=O) groups excluding carboxylic acids is 2. The maximum Gasteiger partial charge on any atom is 0.258 e. The molecule has 0 aromatic heterocycles. The minimum Gasteiger partial charge on any atom is -0.493 e. The van der Waals surface area contributed by atoms with Crippen molar-refractivity contribution in [3.8, 4) is 11.5 Å². The lowest BCUT2D eigenvalue weighted by Gasteiger charge is -2.10. The van der Waals surface area contributed by atoms with Crippen molar-refractivity contribution >= 4 is 33.4 Å². The third kappa shape index (κ3) is 5.58. The minimum absolute atomic E-state index is 0.135. The van der Waals surface area contributed by atoms with Crippen molar-refractivity contribution in [2.45, 2.75) is 0 Å². The quantitative estimate of drug-likeness (QED) is 0.758. The second-order valence-electron chi connectivity index (χ2n) is 4.77. The lowest BCUT2D eigenvalue weighted by molar-refractivity contribution is -0.125. The molecule has 0 aliphatic rings. The lowest BCUT2D eigenvalue weighted by Crippen LogP contribution is -2.35. The summed E-state index contributed by atoms with van der Waals surface area (Å²) in [5.41, 5.74) is 0.655. The Labute approximate surface area is 148 Å². The van der Waals surface area contributed by atoms with E-state index in [0.717, 1.165) is 4.47 Å². The van der Waals surface area contributed by atoms with Crippen molar-refractivity contribution < 1.29 is 19.1 Å². The first-order valence-corrected chi connectivity index (χ1v) is 7.95. The Morgan fingerprint density at radius 1 is 1.00 bits per heavy atom. The van der Waals surface area contributed by atoms with Gasteiger partial charge in [-0.1, -0.05) is 28.1 Å². The van der Waals surface area contributed by atoms with Crippen LogP contribution in [0.1, 0.15) is 0 Å². The van der Waals surface area contributed by atoms with E-state index in [1.807, 2.05) is 12.1 Å². The van der Waals surface area contributed by atoms with Gasteiger partial charge in [0.1, 0.15) is 0 Å². The first-order valence-electron chi connectivity index (χ1n) is 7.16.